The molecule has 2 aromatic rings. The maximum Gasteiger partial charge on any atom is 0.249 e. The molecular formula is C21H27ClN2O3. The number of methoxy groups -OCH3 is 1. The number of amides is 1. The minimum Gasteiger partial charge on any atom is -0.496 e. The summed E-state index contributed by atoms with van der Waals surface area (Å²) in [6, 6.07) is 18.0. The Balaban J connectivity index is 0.00000261. The first-order valence-corrected chi connectivity index (χ1v) is 9.04. The highest BCUT2D eigenvalue weighted by atomic mass is 35.5. The van der Waals surface area contributed by atoms with Crippen molar-refractivity contribution >= 4 is 18.3 Å². The van der Waals surface area contributed by atoms with Crippen LogP contribution >= 0.6 is 12.4 Å². The van der Waals surface area contributed by atoms with Crippen LogP contribution in [0.15, 0.2) is 54.6 Å². The van der Waals surface area contributed by atoms with Gasteiger partial charge in [0.2, 0.25) is 5.91 Å². The summed E-state index contributed by atoms with van der Waals surface area (Å²) in [7, 11) is 1.66. The van der Waals surface area contributed by atoms with Gasteiger partial charge in [-0.2, -0.15) is 0 Å². The van der Waals surface area contributed by atoms with E-state index in [1.807, 2.05) is 47.4 Å². The van der Waals surface area contributed by atoms with Crippen LogP contribution in [0.4, 0.5) is 0 Å². The lowest BCUT2D eigenvalue weighted by Gasteiger charge is -2.37. The summed E-state index contributed by atoms with van der Waals surface area (Å²) in [5.41, 5.74) is 2.24. The number of carbonyl (C=O) groups is 1. The van der Waals surface area contributed by atoms with Crippen LogP contribution in [-0.4, -0.2) is 50.8 Å². The molecule has 3 rings (SSSR count). The van der Waals surface area contributed by atoms with Crippen molar-refractivity contribution in [2.45, 2.75) is 12.5 Å². The predicted molar refractivity (Wildman–Crippen MR) is 109 cm³/mol. The van der Waals surface area contributed by atoms with E-state index in [9.17, 15) is 4.79 Å². The van der Waals surface area contributed by atoms with Crippen LogP contribution in [0.2, 0.25) is 0 Å². The molecule has 0 aromatic heterocycles. The van der Waals surface area contributed by atoms with Gasteiger partial charge in [-0.1, -0.05) is 48.5 Å². The Kier molecular flexibility index (Phi) is 8.58. The summed E-state index contributed by atoms with van der Waals surface area (Å²) >= 11 is 0. The van der Waals surface area contributed by atoms with Crippen molar-refractivity contribution in [1.82, 2.24) is 10.2 Å². The molecule has 1 aliphatic heterocycles. The number of nitrogens with zero attached hydrogens (tertiary/aromatic N) is 1. The minimum atomic E-state index is -0.0369. The fourth-order valence-corrected chi connectivity index (χ4v) is 3.30. The Labute approximate surface area is 167 Å². The molecule has 1 N–H and O–H groups in total. The Bertz CT molecular complexity index is 712. The number of rotatable bonds is 7. The summed E-state index contributed by atoms with van der Waals surface area (Å²) in [6.07, 6.45) is 0.811. The lowest BCUT2D eigenvalue weighted by Crippen LogP contribution is -2.49. The first kappa shape index (κ1) is 21.2. The highest BCUT2D eigenvalue weighted by Gasteiger charge is 2.29. The average molecular weight is 391 g/mol. The third-order valence-electron chi connectivity index (χ3n) is 4.67. The van der Waals surface area contributed by atoms with Crippen molar-refractivity contribution in [3.05, 3.63) is 65.7 Å². The van der Waals surface area contributed by atoms with Crippen molar-refractivity contribution in [2.24, 2.45) is 0 Å². The Morgan fingerprint density at radius 1 is 1.15 bits per heavy atom. The van der Waals surface area contributed by atoms with Crippen LogP contribution in [0.5, 0.6) is 5.75 Å². The van der Waals surface area contributed by atoms with Crippen LogP contribution in [0.25, 0.3) is 0 Å². The van der Waals surface area contributed by atoms with Crippen LogP contribution in [0, 0.1) is 0 Å². The van der Waals surface area contributed by atoms with Crippen molar-refractivity contribution in [3.8, 4) is 5.75 Å². The van der Waals surface area contributed by atoms with Crippen LogP contribution in [0.3, 0.4) is 0 Å². The van der Waals surface area contributed by atoms with Crippen LogP contribution in [-0.2, 0) is 16.0 Å². The lowest BCUT2D eigenvalue weighted by atomic mass is 10.0. The fourth-order valence-electron chi connectivity index (χ4n) is 3.30. The molecule has 146 valence electrons. The number of benzene rings is 2. The van der Waals surface area contributed by atoms with Gasteiger partial charge in [-0.05, 0) is 18.1 Å². The van der Waals surface area contributed by atoms with Gasteiger partial charge in [-0.15, -0.1) is 12.4 Å². The zero-order chi connectivity index (χ0) is 18.2. The van der Waals surface area contributed by atoms with E-state index in [1.165, 1.54) is 5.56 Å². The summed E-state index contributed by atoms with van der Waals surface area (Å²) in [4.78, 5) is 14.6. The van der Waals surface area contributed by atoms with Crippen molar-refractivity contribution < 1.29 is 14.3 Å². The van der Waals surface area contributed by atoms with Gasteiger partial charge >= 0.3 is 0 Å². The second-order valence-electron chi connectivity index (χ2n) is 6.34. The van der Waals surface area contributed by atoms with E-state index in [4.69, 9.17) is 9.47 Å². The molecule has 0 bridgehead atoms. The van der Waals surface area contributed by atoms with Gasteiger partial charge in [-0.3, -0.25) is 4.79 Å². The third-order valence-corrected chi connectivity index (χ3v) is 4.67. The Morgan fingerprint density at radius 3 is 2.67 bits per heavy atom. The van der Waals surface area contributed by atoms with E-state index in [0.717, 1.165) is 30.8 Å². The molecule has 1 atom stereocenters. The summed E-state index contributed by atoms with van der Waals surface area (Å²) in [6.45, 7) is 2.83. The second-order valence-corrected chi connectivity index (χ2v) is 6.34. The molecule has 27 heavy (non-hydrogen) atoms. The van der Waals surface area contributed by atoms with E-state index in [-0.39, 0.29) is 31.0 Å². The molecule has 1 heterocycles. The average Bonchev–Trinajstić information content (AvgIpc) is 2.72. The minimum absolute atomic E-state index is 0. The largest absolute Gasteiger partial charge is 0.496 e. The fraction of sp³-hybridized carbons (Fsp3) is 0.381. The Morgan fingerprint density at radius 2 is 1.89 bits per heavy atom. The van der Waals surface area contributed by atoms with Gasteiger partial charge in [0.25, 0.3) is 0 Å². The number of para-hydroxylation sites is 1. The molecule has 1 aliphatic rings. The van der Waals surface area contributed by atoms with Gasteiger partial charge in [0.05, 0.1) is 19.8 Å². The predicted octanol–water partition coefficient (Wildman–Crippen LogP) is 2.85. The summed E-state index contributed by atoms with van der Waals surface area (Å²) < 4.78 is 11.1. The van der Waals surface area contributed by atoms with E-state index in [1.54, 1.807) is 7.11 Å². The third kappa shape index (κ3) is 5.70. The number of hydrogen-bond donors (Lipinski definition) is 1. The Hall–Kier alpha value is -2.08. The van der Waals surface area contributed by atoms with Gasteiger partial charge in [0.1, 0.15) is 12.4 Å². The van der Waals surface area contributed by atoms with E-state index < -0.39 is 0 Å². The number of nitrogens with one attached hydrogen (secondary N) is 1. The number of halogens is 1. The molecule has 0 spiro atoms. The van der Waals surface area contributed by atoms with Gasteiger partial charge in [0.15, 0.2) is 0 Å². The summed E-state index contributed by atoms with van der Waals surface area (Å²) in [5.74, 6) is 0.833. The van der Waals surface area contributed by atoms with Gasteiger partial charge < -0.3 is 19.7 Å². The smallest absolute Gasteiger partial charge is 0.249 e. The molecule has 1 amide bonds. The first-order chi connectivity index (χ1) is 12.8. The van der Waals surface area contributed by atoms with Crippen LogP contribution < -0.4 is 10.1 Å². The quantitative estimate of drug-likeness (QED) is 0.738. The molecular weight excluding hydrogens is 364 g/mol. The molecule has 0 aliphatic carbocycles. The molecule has 0 radical (unpaired) electrons. The molecule has 1 fully saturated rings. The molecule has 1 saturated heterocycles. The van der Waals surface area contributed by atoms with E-state index >= 15 is 0 Å². The van der Waals surface area contributed by atoms with Crippen molar-refractivity contribution in [3.63, 3.8) is 0 Å². The van der Waals surface area contributed by atoms with Gasteiger partial charge in [-0.25, -0.2) is 0 Å². The number of ether oxygens (including phenoxy) is 2. The van der Waals surface area contributed by atoms with E-state index in [2.05, 4.69) is 17.4 Å². The highest BCUT2D eigenvalue weighted by Crippen LogP contribution is 2.30. The second kappa shape index (κ2) is 10.9. The molecule has 6 heteroatoms. The zero-order valence-electron chi connectivity index (χ0n) is 15.6. The first-order valence-electron chi connectivity index (χ1n) is 9.04. The topological polar surface area (TPSA) is 50.8 Å². The van der Waals surface area contributed by atoms with Crippen LogP contribution in [0.1, 0.15) is 17.2 Å². The maximum absolute atomic E-state index is 12.7. The number of carbonyl (C=O) groups excluding carboxylic acids is 1. The molecule has 0 saturated carbocycles. The SMILES string of the molecule is COc1ccccc1C1CNCCN1C(=O)COCCc1ccccc1.Cl. The highest BCUT2D eigenvalue weighted by molar-refractivity contribution is 5.85. The number of piperazine rings is 1. The zero-order valence-corrected chi connectivity index (χ0v) is 16.4. The number of hydrogen-bond acceptors (Lipinski definition) is 4. The standard InChI is InChI=1S/C21H26N2O3.ClH/c1-25-20-10-6-5-9-18(20)19-15-22-12-13-23(19)21(24)16-26-14-11-17-7-3-2-4-8-17;/h2-10,19,22H,11-16H2,1H3;1H. The van der Waals surface area contributed by atoms with E-state index in [0.29, 0.717) is 13.2 Å². The van der Waals surface area contributed by atoms with Gasteiger partial charge in [0, 0.05) is 25.2 Å². The van der Waals surface area contributed by atoms with Crippen molar-refractivity contribution in [1.29, 1.82) is 0 Å². The molecule has 1 unspecified atom stereocenters. The van der Waals surface area contributed by atoms with Crippen molar-refractivity contribution in [2.75, 3.05) is 40.0 Å². The lowest BCUT2D eigenvalue weighted by molar-refractivity contribution is -0.139. The molecule has 2 aromatic carbocycles. The molecule has 5 nitrogen and oxygen atoms in total. The monoisotopic (exact) mass is 390 g/mol. The maximum atomic E-state index is 12.7. The normalized spacial score (nSPS) is 16.5. The summed E-state index contributed by atoms with van der Waals surface area (Å²) in [5, 5.41) is 3.37.